The third kappa shape index (κ3) is 4.30. The SMILES string of the molecule is CCNCC(Oc1ccc(F)cc1F)C(C)C. The molecule has 2 nitrogen and oxygen atoms in total. The van der Waals surface area contributed by atoms with E-state index in [4.69, 9.17) is 4.74 Å². The fourth-order valence-corrected chi connectivity index (χ4v) is 1.43. The molecule has 96 valence electrons. The van der Waals surface area contributed by atoms with Crippen molar-refractivity contribution in [2.45, 2.75) is 26.9 Å². The van der Waals surface area contributed by atoms with Gasteiger partial charge in [0.05, 0.1) is 0 Å². The molecule has 0 bridgehead atoms. The zero-order chi connectivity index (χ0) is 12.8. The summed E-state index contributed by atoms with van der Waals surface area (Å²) in [6.45, 7) is 7.48. The molecule has 0 radical (unpaired) electrons. The number of hydrogen-bond donors (Lipinski definition) is 1. The van der Waals surface area contributed by atoms with Crippen molar-refractivity contribution >= 4 is 0 Å². The highest BCUT2D eigenvalue weighted by Gasteiger charge is 2.16. The summed E-state index contributed by atoms with van der Waals surface area (Å²) in [6.07, 6.45) is -0.130. The molecule has 0 aliphatic rings. The first-order chi connectivity index (χ1) is 8.04. The Morgan fingerprint density at radius 2 is 2.00 bits per heavy atom. The largest absolute Gasteiger partial charge is 0.486 e. The molecule has 0 aromatic heterocycles. The minimum Gasteiger partial charge on any atom is -0.486 e. The van der Waals surface area contributed by atoms with Gasteiger partial charge in [-0.1, -0.05) is 20.8 Å². The number of ether oxygens (including phenoxy) is 1. The molecule has 0 fully saturated rings. The zero-order valence-electron chi connectivity index (χ0n) is 10.5. The minimum atomic E-state index is -0.660. The second kappa shape index (κ2) is 6.55. The topological polar surface area (TPSA) is 21.3 Å². The highest BCUT2D eigenvalue weighted by atomic mass is 19.1. The van der Waals surface area contributed by atoms with Crippen LogP contribution in [0.3, 0.4) is 0 Å². The summed E-state index contributed by atoms with van der Waals surface area (Å²) >= 11 is 0. The molecule has 1 N–H and O–H groups in total. The molecule has 0 aliphatic heterocycles. The van der Waals surface area contributed by atoms with Crippen LogP contribution in [0.1, 0.15) is 20.8 Å². The maximum atomic E-state index is 13.4. The van der Waals surface area contributed by atoms with E-state index < -0.39 is 11.6 Å². The third-order valence-electron chi connectivity index (χ3n) is 2.51. The number of halogens is 2. The molecule has 4 heteroatoms. The van der Waals surface area contributed by atoms with Crippen molar-refractivity contribution in [1.82, 2.24) is 5.32 Å². The van der Waals surface area contributed by atoms with Crippen molar-refractivity contribution in [3.8, 4) is 5.75 Å². The van der Waals surface area contributed by atoms with Crippen molar-refractivity contribution in [2.24, 2.45) is 5.92 Å². The highest BCUT2D eigenvalue weighted by Crippen LogP contribution is 2.20. The Morgan fingerprint density at radius 1 is 1.29 bits per heavy atom. The lowest BCUT2D eigenvalue weighted by atomic mass is 10.1. The minimum absolute atomic E-state index is 0.100. The van der Waals surface area contributed by atoms with Gasteiger partial charge in [0.1, 0.15) is 11.9 Å². The van der Waals surface area contributed by atoms with Crippen LogP contribution in [0, 0.1) is 17.6 Å². The molecule has 0 spiro atoms. The van der Waals surface area contributed by atoms with Crippen molar-refractivity contribution in [1.29, 1.82) is 0 Å². The second-order valence-corrected chi connectivity index (χ2v) is 4.28. The number of rotatable bonds is 6. The standard InChI is InChI=1S/C13H19F2NO/c1-4-16-8-13(9(2)3)17-12-6-5-10(14)7-11(12)15/h5-7,9,13,16H,4,8H2,1-3H3. The Morgan fingerprint density at radius 3 is 2.53 bits per heavy atom. The first kappa shape index (κ1) is 13.9. The summed E-state index contributed by atoms with van der Waals surface area (Å²) in [5, 5.41) is 3.16. The van der Waals surface area contributed by atoms with Crippen molar-refractivity contribution in [3.05, 3.63) is 29.8 Å². The van der Waals surface area contributed by atoms with E-state index >= 15 is 0 Å². The van der Waals surface area contributed by atoms with E-state index in [9.17, 15) is 8.78 Å². The Bertz CT molecular complexity index is 355. The van der Waals surface area contributed by atoms with Gasteiger partial charge in [0, 0.05) is 12.6 Å². The molecule has 1 aromatic rings. The summed E-state index contributed by atoms with van der Waals surface area (Å²) in [6, 6.07) is 3.36. The smallest absolute Gasteiger partial charge is 0.167 e. The number of likely N-dealkylation sites (N-methyl/N-ethyl adjacent to an activating group) is 1. The number of nitrogens with one attached hydrogen (secondary N) is 1. The lowest BCUT2D eigenvalue weighted by Gasteiger charge is -2.23. The van der Waals surface area contributed by atoms with Gasteiger partial charge in [0.2, 0.25) is 0 Å². The van der Waals surface area contributed by atoms with Gasteiger partial charge < -0.3 is 10.1 Å². The maximum absolute atomic E-state index is 13.4. The predicted octanol–water partition coefficient (Wildman–Crippen LogP) is 2.98. The monoisotopic (exact) mass is 243 g/mol. The zero-order valence-corrected chi connectivity index (χ0v) is 10.5. The van der Waals surface area contributed by atoms with Gasteiger partial charge in [-0.05, 0) is 24.6 Å². The summed E-state index contributed by atoms with van der Waals surface area (Å²) in [4.78, 5) is 0. The molecular formula is C13H19F2NO. The predicted molar refractivity (Wildman–Crippen MR) is 64.2 cm³/mol. The fraction of sp³-hybridized carbons (Fsp3) is 0.538. The third-order valence-corrected chi connectivity index (χ3v) is 2.51. The van der Waals surface area contributed by atoms with E-state index in [1.807, 2.05) is 20.8 Å². The summed E-state index contributed by atoms with van der Waals surface area (Å²) < 4.78 is 31.7. The van der Waals surface area contributed by atoms with Crippen LogP contribution in [0.25, 0.3) is 0 Å². The van der Waals surface area contributed by atoms with Crippen molar-refractivity contribution in [3.63, 3.8) is 0 Å². The van der Waals surface area contributed by atoms with Crippen LogP contribution in [0.15, 0.2) is 18.2 Å². The lowest BCUT2D eigenvalue weighted by Crippen LogP contribution is -2.35. The Kier molecular flexibility index (Phi) is 5.35. The molecule has 0 aliphatic carbocycles. The van der Waals surface area contributed by atoms with Gasteiger partial charge >= 0.3 is 0 Å². The van der Waals surface area contributed by atoms with E-state index in [-0.39, 0.29) is 17.8 Å². The molecule has 1 unspecified atom stereocenters. The lowest BCUT2D eigenvalue weighted by molar-refractivity contribution is 0.143. The molecular weight excluding hydrogens is 224 g/mol. The van der Waals surface area contributed by atoms with Crippen LogP contribution in [0.4, 0.5) is 8.78 Å². The van der Waals surface area contributed by atoms with Crippen LogP contribution in [-0.4, -0.2) is 19.2 Å². The average molecular weight is 243 g/mol. The Labute approximate surface area is 101 Å². The molecule has 17 heavy (non-hydrogen) atoms. The fourth-order valence-electron chi connectivity index (χ4n) is 1.43. The van der Waals surface area contributed by atoms with Gasteiger partial charge in [0.25, 0.3) is 0 Å². The van der Waals surface area contributed by atoms with Crippen LogP contribution in [0.5, 0.6) is 5.75 Å². The molecule has 0 saturated heterocycles. The van der Waals surface area contributed by atoms with Gasteiger partial charge in [-0.3, -0.25) is 0 Å². The van der Waals surface area contributed by atoms with E-state index in [1.165, 1.54) is 12.1 Å². The summed E-state index contributed by atoms with van der Waals surface area (Å²) in [5.41, 5.74) is 0. The molecule has 1 aromatic carbocycles. The Balaban J connectivity index is 2.71. The molecule has 0 heterocycles. The molecule has 1 rings (SSSR count). The normalized spacial score (nSPS) is 12.8. The maximum Gasteiger partial charge on any atom is 0.167 e. The van der Waals surface area contributed by atoms with Gasteiger partial charge in [-0.15, -0.1) is 0 Å². The van der Waals surface area contributed by atoms with E-state index in [2.05, 4.69) is 5.32 Å². The quantitative estimate of drug-likeness (QED) is 0.829. The first-order valence-electron chi connectivity index (χ1n) is 5.87. The van der Waals surface area contributed by atoms with E-state index in [0.717, 1.165) is 12.6 Å². The average Bonchev–Trinajstić information content (AvgIpc) is 2.26. The van der Waals surface area contributed by atoms with Crippen LogP contribution < -0.4 is 10.1 Å². The number of benzene rings is 1. The number of hydrogen-bond acceptors (Lipinski definition) is 2. The van der Waals surface area contributed by atoms with E-state index in [0.29, 0.717) is 6.54 Å². The second-order valence-electron chi connectivity index (χ2n) is 4.28. The van der Waals surface area contributed by atoms with Crippen molar-refractivity contribution < 1.29 is 13.5 Å². The van der Waals surface area contributed by atoms with Crippen molar-refractivity contribution in [2.75, 3.05) is 13.1 Å². The Hall–Kier alpha value is -1.16. The molecule has 1 atom stereocenters. The molecule has 0 amide bonds. The summed E-state index contributed by atoms with van der Waals surface area (Å²) in [5.74, 6) is -0.906. The van der Waals surface area contributed by atoms with Crippen LogP contribution in [0.2, 0.25) is 0 Å². The first-order valence-corrected chi connectivity index (χ1v) is 5.87. The highest BCUT2D eigenvalue weighted by molar-refractivity contribution is 5.25. The van der Waals surface area contributed by atoms with Crippen LogP contribution in [-0.2, 0) is 0 Å². The van der Waals surface area contributed by atoms with Gasteiger partial charge in [0.15, 0.2) is 11.6 Å². The summed E-state index contributed by atoms with van der Waals surface area (Å²) in [7, 11) is 0. The van der Waals surface area contributed by atoms with Crippen LogP contribution >= 0.6 is 0 Å². The van der Waals surface area contributed by atoms with Gasteiger partial charge in [-0.25, -0.2) is 8.78 Å². The molecule has 0 saturated carbocycles. The van der Waals surface area contributed by atoms with Gasteiger partial charge in [-0.2, -0.15) is 0 Å². The van der Waals surface area contributed by atoms with E-state index in [1.54, 1.807) is 0 Å².